The van der Waals surface area contributed by atoms with E-state index >= 15 is 0 Å². The Morgan fingerprint density at radius 3 is 2.52 bits per heavy atom. The van der Waals surface area contributed by atoms with E-state index in [2.05, 4.69) is 65.2 Å². The van der Waals surface area contributed by atoms with Crippen LogP contribution in [0.5, 0.6) is 0 Å². The van der Waals surface area contributed by atoms with E-state index in [0.29, 0.717) is 0 Å². The standard InChI is InChI=1S/C20H21N5/c1-14-5-4-11-25-13-19(22-20(14)25)16-6-8-17(9-7-16)21-15(2)18-10-12-24(3)23-18/h4-13,15,21H,1-3H3. The van der Waals surface area contributed by atoms with Gasteiger partial charge in [-0.05, 0) is 43.7 Å². The van der Waals surface area contributed by atoms with Gasteiger partial charge in [0.05, 0.1) is 17.4 Å². The number of pyridine rings is 1. The summed E-state index contributed by atoms with van der Waals surface area (Å²) >= 11 is 0. The highest BCUT2D eigenvalue weighted by atomic mass is 15.3. The van der Waals surface area contributed by atoms with Crippen LogP contribution in [0.25, 0.3) is 16.9 Å². The highest BCUT2D eigenvalue weighted by Crippen LogP contribution is 2.24. The molecule has 5 nitrogen and oxygen atoms in total. The van der Waals surface area contributed by atoms with Crippen LogP contribution in [0, 0.1) is 6.92 Å². The lowest BCUT2D eigenvalue weighted by molar-refractivity contribution is 0.718. The minimum atomic E-state index is 0.157. The first-order valence-electron chi connectivity index (χ1n) is 8.41. The molecule has 0 radical (unpaired) electrons. The Hall–Kier alpha value is -3.08. The van der Waals surface area contributed by atoms with Gasteiger partial charge < -0.3 is 9.72 Å². The van der Waals surface area contributed by atoms with Gasteiger partial charge in [0.1, 0.15) is 5.65 Å². The minimum absolute atomic E-state index is 0.157. The summed E-state index contributed by atoms with van der Waals surface area (Å²) in [4.78, 5) is 4.75. The number of anilines is 1. The van der Waals surface area contributed by atoms with Crippen molar-refractivity contribution in [2.45, 2.75) is 19.9 Å². The number of nitrogens with zero attached hydrogens (tertiary/aromatic N) is 4. The largest absolute Gasteiger partial charge is 0.377 e. The highest BCUT2D eigenvalue weighted by Gasteiger charge is 2.09. The second-order valence-corrected chi connectivity index (χ2v) is 6.41. The van der Waals surface area contributed by atoms with Crippen LogP contribution in [0.3, 0.4) is 0 Å². The summed E-state index contributed by atoms with van der Waals surface area (Å²) in [6.07, 6.45) is 6.06. The normalized spacial score (nSPS) is 12.4. The van der Waals surface area contributed by atoms with Crippen molar-refractivity contribution in [2.24, 2.45) is 7.05 Å². The van der Waals surface area contributed by atoms with Crippen molar-refractivity contribution >= 4 is 11.3 Å². The third kappa shape index (κ3) is 3.01. The summed E-state index contributed by atoms with van der Waals surface area (Å²) in [6, 6.07) is 14.7. The van der Waals surface area contributed by atoms with Gasteiger partial charge in [0.25, 0.3) is 0 Å². The Balaban J connectivity index is 1.55. The summed E-state index contributed by atoms with van der Waals surface area (Å²) in [5.41, 5.74) is 6.38. The molecule has 0 aliphatic carbocycles. The molecule has 0 aliphatic rings. The molecule has 1 N–H and O–H groups in total. The van der Waals surface area contributed by atoms with Crippen molar-refractivity contribution in [1.82, 2.24) is 19.2 Å². The van der Waals surface area contributed by atoms with Crippen LogP contribution in [0.4, 0.5) is 5.69 Å². The molecule has 4 rings (SSSR count). The van der Waals surface area contributed by atoms with E-state index in [0.717, 1.165) is 28.3 Å². The summed E-state index contributed by atoms with van der Waals surface area (Å²) in [5, 5.41) is 7.93. The Bertz CT molecular complexity index is 1010. The molecule has 0 saturated heterocycles. The minimum Gasteiger partial charge on any atom is -0.377 e. The van der Waals surface area contributed by atoms with E-state index in [1.165, 1.54) is 5.56 Å². The van der Waals surface area contributed by atoms with Crippen LogP contribution in [0.1, 0.15) is 24.2 Å². The van der Waals surface area contributed by atoms with Gasteiger partial charge in [-0.3, -0.25) is 4.68 Å². The molecule has 1 atom stereocenters. The number of benzene rings is 1. The van der Waals surface area contributed by atoms with Crippen molar-refractivity contribution in [2.75, 3.05) is 5.32 Å². The molecule has 1 aromatic carbocycles. The molecule has 0 spiro atoms. The molecule has 0 amide bonds. The number of hydrogen-bond donors (Lipinski definition) is 1. The average Bonchev–Trinajstić information content (AvgIpc) is 3.23. The molecule has 3 heterocycles. The van der Waals surface area contributed by atoms with Crippen LogP contribution < -0.4 is 5.32 Å². The topological polar surface area (TPSA) is 47.1 Å². The number of aryl methyl sites for hydroxylation is 2. The Morgan fingerprint density at radius 1 is 1.04 bits per heavy atom. The van der Waals surface area contributed by atoms with Crippen molar-refractivity contribution in [3.8, 4) is 11.3 Å². The summed E-state index contributed by atoms with van der Waals surface area (Å²) in [6.45, 7) is 4.19. The zero-order valence-corrected chi connectivity index (χ0v) is 14.6. The van der Waals surface area contributed by atoms with E-state index in [1.807, 2.05) is 36.3 Å². The number of rotatable bonds is 4. The Kier molecular flexibility index (Phi) is 3.76. The van der Waals surface area contributed by atoms with Crippen molar-refractivity contribution in [1.29, 1.82) is 0 Å². The smallest absolute Gasteiger partial charge is 0.140 e. The quantitative estimate of drug-likeness (QED) is 0.609. The number of nitrogens with one attached hydrogen (secondary N) is 1. The van der Waals surface area contributed by atoms with Crippen LogP contribution >= 0.6 is 0 Å². The molecule has 0 saturated carbocycles. The van der Waals surface area contributed by atoms with E-state index in [-0.39, 0.29) is 6.04 Å². The fraction of sp³-hybridized carbons (Fsp3) is 0.200. The lowest BCUT2D eigenvalue weighted by Gasteiger charge is -2.13. The molecule has 4 aromatic rings. The van der Waals surface area contributed by atoms with Crippen molar-refractivity contribution < 1.29 is 0 Å². The zero-order valence-electron chi connectivity index (χ0n) is 14.6. The number of imidazole rings is 1. The van der Waals surface area contributed by atoms with Gasteiger partial charge in [-0.25, -0.2) is 4.98 Å². The first-order chi connectivity index (χ1) is 12.1. The first kappa shape index (κ1) is 15.4. The molecule has 0 bridgehead atoms. The predicted octanol–water partition coefficient (Wildman–Crippen LogP) is 4.22. The first-order valence-corrected chi connectivity index (χ1v) is 8.41. The van der Waals surface area contributed by atoms with E-state index in [4.69, 9.17) is 4.98 Å². The molecule has 0 aliphatic heterocycles. The van der Waals surface area contributed by atoms with Crippen molar-refractivity contribution in [3.05, 3.63) is 72.3 Å². The van der Waals surface area contributed by atoms with Gasteiger partial charge in [0.15, 0.2) is 0 Å². The van der Waals surface area contributed by atoms with Gasteiger partial charge in [-0.15, -0.1) is 0 Å². The zero-order chi connectivity index (χ0) is 17.4. The summed E-state index contributed by atoms with van der Waals surface area (Å²) in [7, 11) is 1.93. The SMILES string of the molecule is Cc1cccn2cc(-c3ccc(NC(C)c4ccn(C)n4)cc3)nc12. The van der Waals surface area contributed by atoms with Crippen LogP contribution in [0.15, 0.2) is 61.1 Å². The fourth-order valence-corrected chi connectivity index (χ4v) is 3.02. The van der Waals surface area contributed by atoms with Gasteiger partial charge in [-0.2, -0.15) is 5.10 Å². The van der Waals surface area contributed by atoms with Gasteiger partial charge in [0.2, 0.25) is 0 Å². The van der Waals surface area contributed by atoms with Gasteiger partial charge >= 0.3 is 0 Å². The Morgan fingerprint density at radius 2 is 1.84 bits per heavy atom. The molecule has 126 valence electrons. The molecule has 5 heteroatoms. The fourth-order valence-electron chi connectivity index (χ4n) is 3.02. The number of hydrogen-bond acceptors (Lipinski definition) is 3. The predicted molar refractivity (Wildman–Crippen MR) is 101 cm³/mol. The lowest BCUT2D eigenvalue weighted by Crippen LogP contribution is -2.07. The van der Waals surface area contributed by atoms with Crippen molar-refractivity contribution in [3.63, 3.8) is 0 Å². The number of fused-ring (bicyclic) bond motifs is 1. The molecular formula is C20H21N5. The average molecular weight is 331 g/mol. The highest BCUT2D eigenvalue weighted by molar-refractivity contribution is 5.66. The Labute approximate surface area is 147 Å². The van der Waals surface area contributed by atoms with Crippen LogP contribution in [-0.4, -0.2) is 19.2 Å². The van der Waals surface area contributed by atoms with E-state index < -0.39 is 0 Å². The molecule has 25 heavy (non-hydrogen) atoms. The maximum atomic E-state index is 4.75. The maximum Gasteiger partial charge on any atom is 0.140 e. The number of aromatic nitrogens is 4. The molecule has 0 fully saturated rings. The second kappa shape index (κ2) is 6.09. The summed E-state index contributed by atoms with van der Waals surface area (Å²) in [5.74, 6) is 0. The molecule has 1 unspecified atom stereocenters. The monoisotopic (exact) mass is 331 g/mol. The lowest BCUT2D eigenvalue weighted by atomic mass is 10.1. The van der Waals surface area contributed by atoms with E-state index in [9.17, 15) is 0 Å². The van der Waals surface area contributed by atoms with Gasteiger partial charge in [-0.1, -0.05) is 18.2 Å². The maximum absolute atomic E-state index is 4.75. The third-order valence-electron chi connectivity index (χ3n) is 4.42. The summed E-state index contributed by atoms with van der Waals surface area (Å²) < 4.78 is 3.89. The second-order valence-electron chi connectivity index (χ2n) is 6.41. The van der Waals surface area contributed by atoms with Crippen LogP contribution in [-0.2, 0) is 7.05 Å². The van der Waals surface area contributed by atoms with Crippen LogP contribution in [0.2, 0.25) is 0 Å². The molecular weight excluding hydrogens is 310 g/mol. The third-order valence-corrected chi connectivity index (χ3v) is 4.42. The van der Waals surface area contributed by atoms with Gasteiger partial charge in [0, 0.05) is 36.9 Å². The molecule has 3 aromatic heterocycles. The van der Waals surface area contributed by atoms with E-state index in [1.54, 1.807) is 0 Å².